The van der Waals surface area contributed by atoms with E-state index in [4.69, 9.17) is 27.9 Å². The van der Waals surface area contributed by atoms with Crippen LogP contribution in [0.2, 0.25) is 10.0 Å². The van der Waals surface area contributed by atoms with Crippen molar-refractivity contribution in [2.45, 2.75) is 32.2 Å². The second kappa shape index (κ2) is 11.1. The summed E-state index contributed by atoms with van der Waals surface area (Å²) >= 11 is 12.4. The molecule has 4 rings (SSSR count). The summed E-state index contributed by atoms with van der Waals surface area (Å²) in [5.41, 5.74) is 1.10. The predicted octanol–water partition coefficient (Wildman–Crippen LogP) is 6.89. The zero-order valence-electron chi connectivity index (χ0n) is 19.6. The molecule has 1 heterocycles. The van der Waals surface area contributed by atoms with Crippen molar-refractivity contribution in [1.29, 1.82) is 0 Å². The van der Waals surface area contributed by atoms with Crippen LogP contribution in [0.25, 0.3) is 5.76 Å². The van der Waals surface area contributed by atoms with Crippen molar-refractivity contribution in [1.82, 2.24) is 0 Å². The molecule has 1 fully saturated rings. The summed E-state index contributed by atoms with van der Waals surface area (Å²) in [6, 6.07) is 16.4. The first kappa shape index (κ1) is 25.6. The molecular weight excluding hydrogens is 501 g/mol. The highest BCUT2D eigenvalue weighted by Crippen LogP contribution is 2.43. The number of hydrogen-bond donors (Lipinski definition) is 2. The van der Waals surface area contributed by atoms with Gasteiger partial charge in [0, 0.05) is 21.3 Å². The molecule has 8 heteroatoms. The minimum atomic E-state index is -0.967. The number of anilines is 1. The molecule has 0 aliphatic carbocycles. The van der Waals surface area contributed by atoms with Crippen molar-refractivity contribution in [3.63, 3.8) is 0 Å². The Bertz CT molecular complexity index is 1280. The van der Waals surface area contributed by atoms with Gasteiger partial charge in [-0.25, -0.2) is 0 Å². The molecule has 1 saturated heterocycles. The molecular formula is C28H25Cl2NO5. The van der Waals surface area contributed by atoms with Gasteiger partial charge in [-0.3, -0.25) is 14.5 Å². The zero-order valence-corrected chi connectivity index (χ0v) is 21.1. The monoisotopic (exact) mass is 525 g/mol. The molecule has 0 aromatic heterocycles. The van der Waals surface area contributed by atoms with Crippen molar-refractivity contribution < 1.29 is 24.5 Å². The molecule has 1 atom stereocenters. The van der Waals surface area contributed by atoms with Gasteiger partial charge >= 0.3 is 0 Å². The number of carbonyl (C=O) groups is 2. The lowest BCUT2D eigenvalue weighted by Crippen LogP contribution is -2.29. The quantitative estimate of drug-likeness (QED) is 0.144. The number of carbonyl (C=O) groups excluding carboxylic acids is 2. The average Bonchev–Trinajstić information content (AvgIpc) is 3.12. The van der Waals surface area contributed by atoms with Crippen LogP contribution in [0.1, 0.15) is 43.4 Å². The van der Waals surface area contributed by atoms with E-state index in [-0.39, 0.29) is 17.1 Å². The molecule has 3 aromatic carbocycles. The van der Waals surface area contributed by atoms with E-state index < -0.39 is 17.7 Å². The Hall–Kier alpha value is -3.48. The fourth-order valence-electron chi connectivity index (χ4n) is 4.16. The van der Waals surface area contributed by atoms with Crippen LogP contribution in [0, 0.1) is 0 Å². The SMILES string of the molecule is CCCCCOc1ccc(/C(O)=C2\C(=O)C(=O)N(c3cc(Cl)cc(Cl)c3)C2c2ccc(O)cc2)cc1. The lowest BCUT2D eigenvalue weighted by molar-refractivity contribution is -0.132. The second-order valence-corrected chi connectivity index (χ2v) is 9.34. The average molecular weight is 526 g/mol. The Labute approximate surface area is 219 Å². The lowest BCUT2D eigenvalue weighted by Gasteiger charge is -2.26. The van der Waals surface area contributed by atoms with Gasteiger partial charge in [0.25, 0.3) is 11.7 Å². The van der Waals surface area contributed by atoms with Gasteiger partial charge in [-0.05, 0) is 66.6 Å². The normalized spacial score (nSPS) is 17.0. The van der Waals surface area contributed by atoms with Crippen molar-refractivity contribution in [3.8, 4) is 11.5 Å². The number of aliphatic hydroxyl groups excluding tert-OH is 1. The number of ketones is 1. The summed E-state index contributed by atoms with van der Waals surface area (Å²) in [5.74, 6) is -1.33. The number of nitrogens with zero attached hydrogens (tertiary/aromatic N) is 1. The number of rotatable bonds is 8. The molecule has 0 saturated carbocycles. The molecule has 0 bridgehead atoms. The topological polar surface area (TPSA) is 87.1 Å². The van der Waals surface area contributed by atoms with Gasteiger partial charge in [0.15, 0.2) is 0 Å². The van der Waals surface area contributed by atoms with Crippen LogP contribution in [0.5, 0.6) is 11.5 Å². The number of halogens is 2. The summed E-state index contributed by atoms with van der Waals surface area (Å²) < 4.78 is 5.73. The zero-order chi connectivity index (χ0) is 25.8. The fraction of sp³-hybridized carbons (Fsp3) is 0.214. The van der Waals surface area contributed by atoms with E-state index in [9.17, 15) is 19.8 Å². The van der Waals surface area contributed by atoms with Crippen molar-refractivity contribution in [2.75, 3.05) is 11.5 Å². The van der Waals surface area contributed by atoms with E-state index in [2.05, 4.69) is 6.92 Å². The van der Waals surface area contributed by atoms with Gasteiger partial charge < -0.3 is 14.9 Å². The molecule has 1 aliphatic heterocycles. The lowest BCUT2D eigenvalue weighted by atomic mass is 9.95. The van der Waals surface area contributed by atoms with Crippen LogP contribution >= 0.6 is 23.2 Å². The van der Waals surface area contributed by atoms with Crippen LogP contribution in [-0.2, 0) is 9.59 Å². The first-order chi connectivity index (χ1) is 17.3. The van der Waals surface area contributed by atoms with Gasteiger partial charge in [0.2, 0.25) is 0 Å². The van der Waals surface area contributed by atoms with Crippen LogP contribution in [0.3, 0.4) is 0 Å². The molecule has 0 spiro atoms. The highest BCUT2D eigenvalue weighted by molar-refractivity contribution is 6.52. The smallest absolute Gasteiger partial charge is 0.300 e. The number of hydrogen-bond acceptors (Lipinski definition) is 5. The van der Waals surface area contributed by atoms with Gasteiger partial charge in [-0.1, -0.05) is 55.1 Å². The van der Waals surface area contributed by atoms with Crippen molar-refractivity contribution >= 4 is 46.3 Å². The summed E-state index contributed by atoms with van der Waals surface area (Å²) in [5, 5.41) is 21.6. The second-order valence-electron chi connectivity index (χ2n) is 8.47. The highest BCUT2D eigenvalue weighted by atomic mass is 35.5. The number of ether oxygens (including phenoxy) is 1. The third-order valence-corrected chi connectivity index (χ3v) is 6.36. The molecule has 2 N–H and O–H groups in total. The molecule has 1 unspecified atom stereocenters. The Balaban J connectivity index is 1.77. The van der Waals surface area contributed by atoms with Crippen LogP contribution in [0.4, 0.5) is 5.69 Å². The number of benzene rings is 3. The van der Waals surface area contributed by atoms with E-state index in [1.54, 1.807) is 36.4 Å². The van der Waals surface area contributed by atoms with E-state index in [0.29, 0.717) is 39.2 Å². The summed E-state index contributed by atoms with van der Waals surface area (Å²) in [6.45, 7) is 2.71. The maximum atomic E-state index is 13.2. The van der Waals surface area contributed by atoms with Crippen molar-refractivity contribution in [2.24, 2.45) is 0 Å². The summed E-state index contributed by atoms with van der Waals surface area (Å²) in [4.78, 5) is 27.7. The Morgan fingerprint density at radius 2 is 1.58 bits per heavy atom. The number of phenolic OH excluding ortho intramolecular Hbond substituents is 1. The standard InChI is InChI=1S/C28H25Cl2NO5/c1-2-3-4-13-36-23-11-7-18(8-12-23)26(33)24-25(17-5-9-22(32)10-6-17)31(28(35)27(24)34)21-15-19(29)14-20(30)16-21/h5-12,14-16,25,32-33H,2-4,13H2,1H3/b26-24+. The molecule has 3 aromatic rings. The third-order valence-electron chi connectivity index (χ3n) is 5.92. The number of phenols is 1. The first-order valence-corrected chi connectivity index (χ1v) is 12.3. The number of Topliss-reactive ketones (excluding diaryl/α,β-unsaturated/α-hetero) is 1. The Kier molecular flexibility index (Phi) is 7.87. The third kappa shape index (κ3) is 5.35. The molecule has 186 valence electrons. The largest absolute Gasteiger partial charge is 0.508 e. The van der Waals surface area contributed by atoms with Gasteiger partial charge in [0.05, 0.1) is 18.2 Å². The number of amides is 1. The van der Waals surface area contributed by atoms with Crippen LogP contribution in [0.15, 0.2) is 72.3 Å². The van der Waals surface area contributed by atoms with E-state index >= 15 is 0 Å². The van der Waals surface area contributed by atoms with Gasteiger partial charge in [-0.2, -0.15) is 0 Å². The molecule has 0 radical (unpaired) electrons. The molecule has 36 heavy (non-hydrogen) atoms. The van der Waals surface area contributed by atoms with Crippen molar-refractivity contribution in [3.05, 3.63) is 93.5 Å². The molecule has 6 nitrogen and oxygen atoms in total. The minimum Gasteiger partial charge on any atom is -0.508 e. The van der Waals surface area contributed by atoms with E-state index in [0.717, 1.165) is 19.3 Å². The van der Waals surface area contributed by atoms with Crippen LogP contribution in [-0.4, -0.2) is 28.5 Å². The number of unbranched alkanes of at least 4 members (excludes halogenated alkanes) is 2. The minimum absolute atomic E-state index is 0.0241. The molecule has 1 aliphatic rings. The highest BCUT2D eigenvalue weighted by Gasteiger charge is 2.47. The van der Waals surface area contributed by atoms with Gasteiger partial charge in [0.1, 0.15) is 17.3 Å². The Morgan fingerprint density at radius 3 is 2.19 bits per heavy atom. The summed E-state index contributed by atoms with van der Waals surface area (Å²) in [7, 11) is 0. The van der Waals surface area contributed by atoms with E-state index in [1.807, 2.05) is 0 Å². The number of aliphatic hydroxyl groups is 1. The van der Waals surface area contributed by atoms with Gasteiger partial charge in [-0.15, -0.1) is 0 Å². The maximum absolute atomic E-state index is 13.2. The Morgan fingerprint density at radius 1 is 0.944 bits per heavy atom. The summed E-state index contributed by atoms with van der Waals surface area (Å²) in [6.07, 6.45) is 3.12. The van der Waals surface area contributed by atoms with Crippen LogP contribution < -0.4 is 9.64 Å². The first-order valence-electron chi connectivity index (χ1n) is 11.6. The molecule has 1 amide bonds. The maximum Gasteiger partial charge on any atom is 0.300 e. The predicted molar refractivity (Wildman–Crippen MR) is 141 cm³/mol. The number of aromatic hydroxyl groups is 1. The van der Waals surface area contributed by atoms with E-state index in [1.165, 1.54) is 35.2 Å². The fourth-order valence-corrected chi connectivity index (χ4v) is 4.67.